The second kappa shape index (κ2) is 4.09. The van der Waals surface area contributed by atoms with Crippen LogP contribution in [0.5, 0.6) is 0 Å². The van der Waals surface area contributed by atoms with Crippen LogP contribution in [0.15, 0.2) is 0 Å². The van der Waals surface area contributed by atoms with E-state index < -0.39 is 0 Å². The Morgan fingerprint density at radius 1 is 1.23 bits per heavy atom. The van der Waals surface area contributed by atoms with E-state index in [9.17, 15) is 4.79 Å². The molecule has 0 N–H and O–H groups in total. The first-order chi connectivity index (χ1) is 6.36. The standard InChI is InChI=1S/C10H16O3/c11-10(8-3-1-2-4-8)13-9-5-6-12-7-9/h8-9H,1-7H2/t9-/m0/s1. The van der Waals surface area contributed by atoms with Crippen LogP contribution in [0.2, 0.25) is 0 Å². The molecule has 2 fully saturated rings. The second-order valence-electron chi connectivity index (χ2n) is 3.90. The van der Waals surface area contributed by atoms with Crippen molar-refractivity contribution >= 4 is 5.97 Å². The predicted octanol–water partition coefficient (Wildman–Crippen LogP) is 1.51. The average Bonchev–Trinajstić information content (AvgIpc) is 2.74. The molecule has 74 valence electrons. The minimum absolute atomic E-state index is 0.00741. The molecule has 0 amide bonds. The van der Waals surface area contributed by atoms with Crippen LogP contribution in [-0.2, 0) is 14.3 Å². The molecule has 3 nitrogen and oxygen atoms in total. The summed E-state index contributed by atoms with van der Waals surface area (Å²) in [6, 6.07) is 0. The summed E-state index contributed by atoms with van der Waals surface area (Å²) in [5.41, 5.74) is 0. The van der Waals surface area contributed by atoms with Gasteiger partial charge in [-0.15, -0.1) is 0 Å². The molecular formula is C10H16O3. The zero-order valence-corrected chi connectivity index (χ0v) is 7.83. The molecule has 0 aromatic heterocycles. The minimum Gasteiger partial charge on any atom is -0.460 e. The van der Waals surface area contributed by atoms with Gasteiger partial charge in [0.1, 0.15) is 6.10 Å². The van der Waals surface area contributed by atoms with Crippen molar-refractivity contribution in [1.82, 2.24) is 0 Å². The van der Waals surface area contributed by atoms with Crippen LogP contribution in [0.4, 0.5) is 0 Å². The molecule has 1 atom stereocenters. The Labute approximate surface area is 78.4 Å². The highest BCUT2D eigenvalue weighted by Crippen LogP contribution is 2.26. The lowest BCUT2D eigenvalue weighted by Crippen LogP contribution is -2.22. The van der Waals surface area contributed by atoms with Crippen molar-refractivity contribution in [2.24, 2.45) is 5.92 Å². The van der Waals surface area contributed by atoms with E-state index in [0.717, 1.165) is 25.9 Å². The van der Waals surface area contributed by atoms with Crippen LogP contribution in [0.25, 0.3) is 0 Å². The average molecular weight is 184 g/mol. The van der Waals surface area contributed by atoms with Gasteiger partial charge in [0.05, 0.1) is 19.1 Å². The molecule has 0 spiro atoms. The van der Waals surface area contributed by atoms with Crippen molar-refractivity contribution in [1.29, 1.82) is 0 Å². The molecule has 0 aromatic carbocycles. The van der Waals surface area contributed by atoms with E-state index >= 15 is 0 Å². The van der Waals surface area contributed by atoms with Crippen molar-refractivity contribution in [2.75, 3.05) is 13.2 Å². The van der Waals surface area contributed by atoms with E-state index in [-0.39, 0.29) is 18.0 Å². The Kier molecular flexibility index (Phi) is 2.83. The monoisotopic (exact) mass is 184 g/mol. The Balaban J connectivity index is 1.76. The summed E-state index contributed by atoms with van der Waals surface area (Å²) in [6.07, 6.45) is 5.31. The van der Waals surface area contributed by atoms with Gasteiger partial charge < -0.3 is 9.47 Å². The Morgan fingerprint density at radius 2 is 2.00 bits per heavy atom. The van der Waals surface area contributed by atoms with E-state index in [0.29, 0.717) is 6.61 Å². The fraction of sp³-hybridized carbons (Fsp3) is 0.900. The molecule has 13 heavy (non-hydrogen) atoms. The second-order valence-corrected chi connectivity index (χ2v) is 3.90. The topological polar surface area (TPSA) is 35.5 Å². The van der Waals surface area contributed by atoms with Gasteiger partial charge in [0, 0.05) is 6.42 Å². The highest BCUT2D eigenvalue weighted by atomic mass is 16.6. The van der Waals surface area contributed by atoms with E-state index in [4.69, 9.17) is 9.47 Å². The molecule has 0 radical (unpaired) electrons. The van der Waals surface area contributed by atoms with E-state index in [1.807, 2.05) is 0 Å². The molecule has 0 unspecified atom stereocenters. The summed E-state index contributed by atoms with van der Waals surface area (Å²) in [4.78, 5) is 11.5. The van der Waals surface area contributed by atoms with Crippen molar-refractivity contribution in [3.05, 3.63) is 0 Å². The Hall–Kier alpha value is -0.570. The number of hydrogen-bond donors (Lipinski definition) is 0. The Morgan fingerprint density at radius 3 is 2.62 bits per heavy atom. The first-order valence-electron chi connectivity index (χ1n) is 5.14. The van der Waals surface area contributed by atoms with Gasteiger partial charge in [-0.2, -0.15) is 0 Å². The third kappa shape index (κ3) is 2.21. The number of ether oxygens (including phenoxy) is 2. The SMILES string of the molecule is O=C(O[C@H]1CCOC1)C1CCCC1. The Bertz CT molecular complexity index is 179. The molecule has 3 heteroatoms. The number of carbonyl (C=O) groups excluding carboxylic acids is 1. The van der Waals surface area contributed by atoms with E-state index in [2.05, 4.69) is 0 Å². The van der Waals surface area contributed by atoms with Gasteiger partial charge in [-0.25, -0.2) is 0 Å². The van der Waals surface area contributed by atoms with Gasteiger partial charge in [-0.1, -0.05) is 12.8 Å². The van der Waals surface area contributed by atoms with Gasteiger partial charge in [-0.3, -0.25) is 4.79 Å². The number of hydrogen-bond acceptors (Lipinski definition) is 3. The largest absolute Gasteiger partial charge is 0.460 e. The third-order valence-corrected chi connectivity index (χ3v) is 2.86. The van der Waals surface area contributed by atoms with Gasteiger partial charge in [0.2, 0.25) is 0 Å². The van der Waals surface area contributed by atoms with Gasteiger partial charge in [0.15, 0.2) is 0 Å². The lowest BCUT2D eigenvalue weighted by Gasteiger charge is -2.13. The highest BCUT2D eigenvalue weighted by Gasteiger charge is 2.27. The lowest BCUT2D eigenvalue weighted by molar-refractivity contribution is -0.153. The summed E-state index contributed by atoms with van der Waals surface area (Å²) >= 11 is 0. The smallest absolute Gasteiger partial charge is 0.309 e. The molecule has 1 saturated heterocycles. The van der Waals surface area contributed by atoms with Crippen LogP contribution in [0.1, 0.15) is 32.1 Å². The summed E-state index contributed by atoms with van der Waals surface area (Å²) in [6.45, 7) is 1.33. The van der Waals surface area contributed by atoms with Crippen molar-refractivity contribution < 1.29 is 14.3 Å². The van der Waals surface area contributed by atoms with Crippen LogP contribution in [0, 0.1) is 5.92 Å². The molecule has 1 saturated carbocycles. The first-order valence-corrected chi connectivity index (χ1v) is 5.14. The predicted molar refractivity (Wildman–Crippen MR) is 47.3 cm³/mol. The molecule has 1 aliphatic carbocycles. The summed E-state index contributed by atoms with van der Waals surface area (Å²) in [5, 5.41) is 0. The zero-order chi connectivity index (χ0) is 9.10. The molecule has 2 aliphatic rings. The third-order valence-electron chi connectivity index (χ3n) is 2.86. The van der Waals surface area contributed by atoms with Gasteiger partial charge >= 0.3 is 5.97 Å². The van der Waals surface area contributed by atoms with Crippen LogP contribution >= 0.6 is 0 Å². The maximum Gasteiger partial charge on any atom is 0.309 e. The summed E-state index contributed by atoms with van der Waals surface area (Å²) in [7, 11) is 0. The lowest BCUT2D eigenvalue weighted by atomic mass is 10.1. The van der Waals surface area contributed by atoms with Crippen molar-refractivity contribution in [2.45, 2.75) is 38.2 Å². The maximum atomic E-state index is 11.5. The van der Waals surface area contributed by atoms with E-state index in [1.54, 1.807) is 0 Å². The molecule has 0 bridgehead atoms. The van der Waals surface area contributed by atoms with E-state index in [1.165, 1.54) is 12.8 Å². The number of esters is 1. The van der Waals surface area contributed by atoms with Crippen molar-refractivity contribution in [3.8, 4) is 0 Å². The summed E-state index contributed by atoms with van der Waals surface area (Å²) in [5.74, 6) is 0.189. The minimum atomic E-state index is 0.00741. The maximum absolute atomic E-state index is 11.5. The molecule has 2 rings (SSSR count). The zero-order valence-electron chi connectivity index (χ0n) is 7.83. The molecule has 1 heterocycles. The van der Waals surface area contributed by atoms with Gasteiger partial charge in [0.25, 0.3) is 0 Å². The fourth-order valence-electron chi connectivity index (χ4n) is 2.03. The van der Waals surface area contributed by atoms with Crippen LogP contribution < -0.4 is 0 Å². The number of carbonyl (C=O) groups is 1. The normalized spacial score (nSPS) is 29.4. The molecular weight excluding hydrogens is 168 g/mol. The first kappa shape index (κ1) is 9.00. The molecule has 0 aromatic rings. The van der Waals surface area contributed by atoms with Crippen LogP contribution in [0.3, 0.4) is 0 Å². The fourth-order valence-corrected chi connectivity index (χ4v) is 2.03. The summed E-state index contributed by atoms with van der Waals surface area (Å²) < 4.78 is 10.5. The van der Waals surface area contributed by atoms with Gasteiger partial charge in [-0.05, 0) is 12.8 Å². The quantitative estimate of drug-likeness (QED) is 0.610. The van der Waals surface area contributed by atoms with Crippen LogP contribution in [-0.4, -0.2) is 25.3 Å². The highest BCUT2D eigenvalue weighted by molar-refractivity contribution is 5.72. The molecule has 1 aliphatic heterocycles. The number of rotatable bonds is 2. The van der Waals surface area contributed by atoms with Crippen molar-refractivity contribution in [3.63, 3.8) is 0 Å².